The number of nitrogens with two attached hydrogens (primary N) is 1. The van der Waals surface area contributed by atoms with Crippen molar-refractivity contribution in [2.75, 3.05) is 13.7 Å². The Morgan fingerprint density at radius 3 is 2.73 bits per heavy atom. The summed E-state index contributed by atoms with van der Waals surface area (Å²) in [4.78, 5) is 0. The molecule has 0 heterocycles. The fourth-order valence-corrected chi connectivity index (χ4v) is 1.75. The van der Waals surface area contributed by atoms with Gasteiger partial charge < -0.3 is 20.7 Å². The van der Waals surface area contributed by atoms with Gasteiger partial charge in [-0.1, -0.05) is 0 Å². The zero-order valence-corrected chi connectivity index (χ0v) is 9.99. The summed E-state index contributed by atoms with van der Waals surface area (Å²) < 4.78 is 5.53. The van der Waals surface area contributed by atoms with Gasteiger partial charge in [0.25, 0.3) is 0 Å². The summed E-state index contributed by atoms with van der Waals surface area (Å²) in [7, 11) is 1.48. The summed E-state index contributed by atoms with van der Waals surface area (Å²) >= 11 is 3.21. The van der Waals surface area contributed by atoms with Crippen LogP contribution in [-0.2, 0) is 6.42 Å². The van der Waals surface area contributed by atoms with Gasteiger partial charge in [-0.25, -0.2) is 0 Å². The first-order valence-corrected chi connectivity index (χ1v) is 5.31. The van der Waals surface area contributed by atoms with E-state index in [1.54, 1.807) is 12.1 Å². The Morgan fingerprint density at radius 1 is 1.53 bits per heavy atom. The number of phenolic OH excluding ortho intramolecular Hbond substituents is 1. The maximum absolute atomic E-state index is 9.55. The molecule has 0 aliphatic rings. The van der Waals surface area contributed by atoms with E-state index >= 15 is 0 Å². The van der Waals surface area contributed by atoms with E-state index in [0.717, 1.165) is 5.56 Å². The molecule has 1 atom stereocenters. The lowest BCUT2D eigenvalue weighted by atomic mass is 10.1. The predicted molar refractivity (Wildman–Crippen MR) is 61.1 cm³/mol. The Kier molecular flexibility index (Phi) is 4.38. The van der Waals surface area contributed by atoms with E-state index in [9.17, 15) is 10.2 Å². The molecule has 1 aromatic carbocycles. The molecule has 1 aromatic rings. The molecule has 5 heteroatoms. The van der Waals surface area contributed by atoms with E-state index in [1.165, 1.54) is 7.11 Å². The number of ether oxygens (including phenoxy) is 1. The van der Waals surface area contributed by atoms with Crippen molar-refractivity contribution in [2.45, 2.75) is 12.5 Å². The summed E-state index contributed by atoms with van der Waals surface area (Å²) in [6.45, 7) is 0.209. The zero-order chi connectivity index (χ0) is 11.4. The third-order valence-electron chi connectivity index (χ3n) is 2.05. The Hall–Kier alpha value is -0.780. The first-order chi connectivity index (χ1) is 7.08. The standard InChI is InChI=1S/C10H14BrNO3/c1-15-9-4-6(2-7(13)5-12)3-8(11)10(9)14/h3-4,7,13-14H,2,5,12H2,1H3. The molecule has 84 valence electrons. The summed E-state index contributed by atoms with van der Waals surface area (Å²) in [6, 6.07) is 3.41. The molecule has 0 amide bonds. The second-order valence-electron chi connectivity index (χ2n) is 3.22. The van der Waals surface area contributed by atoms with Gasteiger partial charge in [0.1, 0.15) is 0 Å². The maximum atomic E-state index is 9.55. The maximum Gasteiger partial charge on any atom is 0.172 e. The van der Waals surface area contributed by atoms with E-state index in [2.05, 4.69) is 15.9 Å². The van der Waals surface area contributed by atoms with E-state index in [-0.39, 0.29) is 12.3 Å². The Labute approximate surface area is 96.8 Å². The van der Waals surface area contributed by atoms with Gasteiger partial charge in [-0.2, -0.15) is 0 Å². The number of aliphatic hydroxyl groups is 1. The minimum absolute atomic E-state index is 0.0588. The molecular formula is C10H14BrNO3. The highest BCUT2D eigenvalue weighted by atomic mass is 79.9. The van der Waals surface area contributed by atoms with Gasteiger partial charge in [0.2, 0.25) is 0 Å². The quantitative estimate of drug-likeness (QED) is 0.767. The normalized spacial score (nSPS) is 12.5. The predicted octanol–water partition coefficient (Wildman–Crippen LogP) is 1.03. The molecule has 0 aliphatic carbocycles. The van der Waals surface area contributed by atoms with E-state index in [1.807, 2.05) is 0 Å². The lowest BCUT2D eigenvalue weighted by molar-refractivity contribution is 0.183. The van der Waals surface area contributed by atoms with Crippen molar-refractivity contribution in [1.29, 1.82) is 0 Å². The molecule has 4 N–H and O–H groups in total. The van der Waals surface area contributed by atoms with Gasteiger partial charge in [-0.15, -0.1) is 0 Å². The average molecular weight is 276 g/mol. The highest BCUT2D eigenvalue weighted by Crippen LogP contribution is 2.35. The van der Waals surface area contributed by atoms with Crippen LogP contribution in [-0.4, -0.2) is 30.0 Å². The number of methoxy groups -OCH3 is 1. The minimum Gasteiger partial charge on any atom is -0.503 e. The number of rotatable bonds is 4. The summed E-state index contributed by atoms with van der Waals surface area (Å²) in [5.74, 6) is 0.437. The number of hydrogen-bond acceptors (Lipinski definition) is 4. The molecule has 15 heavy (non-hydrogen) atoms. The Morgan fingerprint density at radius 2 is 2.20 bits per heavy atom. The molecule has 0 fully saturated rings. The van der Waals surface area contributed by atoms with Gasteiger partial charge in [0, 0.05) is 6.54 Å². The smallest absolute Gasteiger partial charge is 0.172 e. The lowest BCUT2D eigenvalue weighted by Gasteiger charge is -2.11. The van der Waals surface area contributed by atoms with Crippen molar-refractivity contribution in [3.63, 3.8) is 0 Å². The fraction of sp³-hybridized carbons (Fsp3) is 0.400. The topological polar surface area (TPSA) is 75.7 Å². The van der Waals surface area contributed by atoms with E-state index in [4.69, 9.17) is 10.5 Å². The molecule has 0 saturated heterocycles. The summed E-state index contributed by atoms with van der Waals surface area (Å²) in [5, 5.41) is 18.9. The fourth-order valence-electron chi connectivity index (χ4n) is 1.26. The van der Waals surface area contributed by atoms with E-state index < -0.39 is 6.10 Å². The van der Waals surface area contributed by atoms with Crippen molar-refractivity contribution in [1.82, 2.24) is 0 Å². The molecule has 4 nitrogen and oxygen atoms in total. The Bertz CT molecular complexity index is 344. The SMILES string of the molecule is COc1cc(CC(O)CN)cc(Br)c1O. The van der Waals surface area contributed by atoms with Crippen LogP contribution >= 0.6 is 15.9 Å². The highest BCUT2D eigenvalue weighted by Gasteiger charge is 2.10. The van der Waals surface area contributed by atoms with Crippen molar-refractivity contribution >= 4 is 15.9 Å². The van der Waals surface area contributed by atoms with Crippen LogP contribution in [0.15, 0.2) is 16.6 Å². The molecule has 0 bridgehead atoms. The summed E-state index contributed by atoms with van der Waals surface area (Å²) in [6.07, 6.45) is -0.141. The van der Waals surface area contributed by atoms with Gasteiger partial charge in [0.05, 0.1) is 17.7 Å². The third kappa shape index (κ3) is 3.09. The van der Waals surface area contributed by atoms with Crippen LogP contribution < -0.4 is 10.5 Å². The second-order valence-corrected chi connectivity index (χ2v) is 4.08. The van der Waals surface area contributed by atoms with Crippen LogP contribution in [0, 0.1) is 0 Å². The van der Waals surface area contributed by atoms with Crippen LogP contribution in [0.25, 0.3) is 0 Å². The zero-order valence-electron chi connectivity index (χ0n) is 8.40. The average Bonchev–Trinajstić information content (AvgIpc) is 2.22. The van der Waals surface area contributed by atoms with Crippen LogP contribution in [0.2, 0.25) is 0 Å². The van der Waals surface area contributed by atoms with Gasteiger partial charge in [-0.3, -0.25) is 0 Å². The van der Waals surface area contributed by atoms with Crippen molar-refractivity contribution in [3.05, 3.63) is 22.2 Å². The number of benzene rings is 1. The van der Waals surface area contributed by atoms with Crippen molar-refractivity contribution < 1.29 is 14.9 Å². The van der Waals surface area contributed by atoms with Gasteiger partial charge >= 0.3 is 0 Å². The van der Waals surface area contributed by atoms with Crippen LogP contribution in [0.4, 0.5) is 0 Å². The largest absolute Gasteiger partial charge is 0.503 e. The Balaban J connectivity index is 2.95. The molecule has 0 aromatic heterocycles. The number of phenols is 1. The molecule has 0 aliphatic heterocycles. The number of hydrogen-bond donors (Lipinski definition) is 3. The van der Waals surface area contributed by atoms with Crippen molar-refractivity contribution in [2.24, 2.45) is 5.73 Å². The molecule has 1 rings (SSSR count). The summed E-state index contributed by atoms with van der Waals surface area (Å²) in [5.41, 5.74) is 6.17. The first kappa shape index (κ1) is 12.3. The number of halogens is 1. The molecule has 1 unspecified atom stereocenters. The molecular weight excluding hydrogens is 262 g/mol. The van der Waals surface area contributed by atoms with Crippen LogP contribution in [0.3, 0.4) is 0 Å². The minimum atomic E-state index is -0.578. The molecule has 0 saturated carbocycles. The van der Waals surface area contributed by atoms with Gasteiger partial charge in [0.15, 0.2) is 11.5 Å². The monoisotopic (exact) mass is 275 g/mol. The molecule has 0 spiro atoms. The number of aromatic hydroxyl groups is 1. The molecule has 0 radical (unpaired) electrons. The first-order valence-electron chi connectivity index (χ1n) is 4.52. The lowest BCUT2D eigenvalue weighted by Crippen LogP contribution is -2.21. The van der Waals surface area contributed by atoms with Crippen LogP contribution in [0.5, 0.6) is 11.5 Å². The number of aliphatic hydroxyl groups excluding tert-OH is 1. The van der Waals surface area contributed by atoms with Crippen LogP contribution in [0.1, 0.15) is 5.56 Å². The van der Waals surface area contributed by atoms with Gasteiger partial charge in [-0.05, 0) is 40.0 Å². The second kappa shape index (κ2) is 5.34. The third-order valence-corrected chi connectivity index (χ3v) is 2.66. The highest BCUT2D eigenvalue weighted by molar-refractivity contribution is 9.10. The van der Waals surface area contributed by atoms with Crippen molar-refractivity contribution in [3.8, 4) is 11.5 Å². The van der Waals surface area contributed by atoms with E-state index in [0.29, 0.717) is 16.6 Å².